The van der Waals surface area contributed by atoms with Crippen molar-refractivity contribution in [2.24, 2.45) is 0 Å². The van der Waals surface area contributed by atoms with E-state index in [1.54, 1.807) is 6.92 Å². The quantitative estimate of drug-likeness (QED) is 0.869. The van der Waals surface area contributed by atoms with E-state index in [1.165, 1.54) is 18.2 Å². The van der Waals surface area contributed by atoms with Crippen molar-refractivity contribution in [3.63, 3.8) is 0 Å². The fourth-order valence-electron chi connectivity index (χ4n) is 2.13. The lowest BCUT2D eigenvalue weighted by atomic mass is 10.1. The van der Waals surface area contributed by atoms with Crippen molar-refractivity contribution in [2.45, 2.75) is 30.4 Å². The maximum absolute atomic E-state index is 12.3. The molecular weight excluding hydrogens is 306 g/mol. The van der Waals surface area contributed by atoms with Crippen LogP contribution in [0.2, 0.25) is 5.02 Å². The maximum atomic E-state index is 12.3. The van der Waals surface area contributed by atoms with Gasteiger partial charge in [0.1, 0.15) is 0 Å². The zero-order valence-electron chi connectivity index (χ0n) is 10.7. The molecule has 8 heteroatoms. The molecule has 1 aromatic rings. The summed E-state index contributed by atoms with van der Waals surface area (Å²) < 4.78 is 32.0. The van der Waals surface area contributed by atoms with Gasteiger partial charge in [-0.05, 0) is 37.1 Å². The molecule has 0 aliphatic carbocycles. The number of rotatable bonds is 4. The van der Waals surface area contributed by atoms with Crippen LogP contribution in [0.5, 0.6) is 0 Å². The van der Waals surface area contributed by atoms with E-state index in [0.29, 0.717) is 17.0 Å². The molecule has 1 heterocycles. The summed E-state index contributed by atoms with van der Waals surface area (Å²) in [7, 11) is -3.81. The molecule has 1 aromatic carbocycles. The smallest absolute Gasteiger partial charge is 0.334 e. The van der Waals surface area contributed by atoms with Gasteiger partial charge in [-0.1, -0.05) is 11.6 Å². The predicted octanol–water partition coefficient (Wildman–Crippen LogP) is 1.17. The Bertz CT molecular complexity index is 631. The van der Waals surface area contributed by atoms with Gasteiger partial charge < -0.3 is 9.84 Å². The molecule has 0 amide bonds. The molecule has 0 saturated carbocycles. The average Bonchev–Trinajstić information content (AvgIpc) is 2.75. The number of aliphatic carboxylic acids is 1. The van der Waals surface area contributed by atoms with Crippen molar-refractivity contribution in [2.75, 3.05) is 6.61 Å². The molecule has 6 nitrogen and oxygen atoms in total. The van der Waals surface area contributed by atoms with Crippen LogP contribution < -0.4 is 4.72 Å². The summed E-state index contributed by atoms with van der Waals surface area (Å²) in [4.78, 5) is 11.1. The number of benzene rings is 1. The first kappa shape index (κ1) is 15.2. The summed E-state index contributed by atoms with van der Waals surface area (Å²) in [5, 5.41) is 9.40. The maximum Gasteiger partial charge on any atom is 0.334 e. The molecule has 2 atom stereocenters. The zero-order valence-corrected chi connectivity index (χ0v) is 12.2. The Labute approximate surface area is 121 Å². The van der Waals surface area contributed by atoms with Gasteiger partial charge >= 0.3 is 5.97 Å². The minimum absolute atomic E-state index is 0.0814. The number of carboxylic acid groups (broad SMARTS) is 1. The van der Waals surface area contributed by atoms with Crippen LogP contribution in [0, 0.1) is 6.92 Å². The molecule has 0 aromatic heterocycles. The number of aryl methyl sites for hydroxylation is 1. The van der Waals surface area contributed by atoms with Crippen molar-refractivity contribution in [3.05, 3.63) is 28.8 Å². The summed E-state index contributed by atoms with van der Waals surface area (Å²) in [5.41, 5.74) is 0.496. The normalized spacial score (nSPS) is 22.9. The minimum Gasteiger partial charge on any atom is -0.479 e. The molecule has 1 aliphatic rings. The van der Waals surface area contributed by atoms with Crippen molar-refractivity contribution in [1.82, 2.24) is 4.72 Å². The molecule has 2 N–H and O–H groups in total. The van der Waals surface area contributed by atoms with E-state index in [-0.39, 0.29) is 11.5 Å². The molecule has 0 bridgehead atoms. The molecule has 0 spiro atoms. The van der Waals surface area contributed by atoms with Crippen LogP contribution in [-0.2, 0) is 19.6 Å². The fraction of sp³-hybridized carbons (Fsp3) is 0.417. The molecule has 1 saturated heterocycles. The molecule has 0 unspecified atom stereocenters. The highest BCUT2D eigenvalue weighted by molar-refractivity contribution is 7.89. The number of carbonyl (C=O) groups is 1. The van der Waals surface area contributed by atoms with Gasteiger partial charge in [0.05, 0.1) is 10.9 Å². The number of carboxylic acids is 1. The van der Waals surface area contributed by atoms with E-state index in [0.717, 1.165) is 0 Å². The van der Waals surface area contributed by atoms with Gasteiger partial charge in [0.2, 0.25) is 10.0 Å². The molecule has 1 fully saturated rings. The number of halogens is 1. The number of ether oxygens (including phenoxy) is 1. The SMILES string of the molecule is Cc1cc(Cl)ccc1S(=O)(=O)N[C@@H]1CCO[C@@H]1C(=O)O. The first-order valence-electron chi connectivity index (χ1n) is 5.94. The summed E-state index contributed by atoms with van der Waals surface area (Å²) in [6.07, 6.45) is -0.833. The first-order chi connectivity index (χ1) is 9.31. The van der Waals surface area contributed by atoms with Crippen LogP contribution in [0.25, 0.3) is 0 Å². The largest absolute Gasteiger partial charge is 0.479 e. The van der Waals surface area contributed by atoms with Gasteiger partial charge in [-0.25, -0.2) is 17.9 Å². The topological polar surface area (TPSA) is 92.7 Å². The third kappa shape index (κ3) is 3.12. The van der Waals surface area contributed by atoms with Crippen molar-refractivity contribution in [1.29, 1.82) is 0 Å². The molecular formula is C12H14ClNO5S. The Balaban J connectivity index is 2.25. The second-order valence-corrected chi connectivity index (χ2v) is 6.67. The van der Waals surface area contributed by atoms with Crippen LogP contribution in [0.1, 0.15) is 12.0 Å². The van der Waals surface area contributed by atoms with E-state index in [2.05, 4.69) is 4.72 Å². The Morgan fingerprint density at radius 1 is 1.50 bits per heavy atom. The zero-order chi connectivity index (χ0) is 14.9. The van der Waals surface area contributed by atoms with Crippen LogP contribution in [0.4, 0.5) is 0 Å². The number of hydrogen-bond donors (Lipinski definition) is 2. The minimum atomic E-state index is -3.81. The Morgan fingerprint density at radius 3 is 2.80 bits per heavy atom. The summed E-state index contributed by atoms with van der Waals surface area (Å²) in [6, 6.07) is 3.64. The van der Waals surface area contributed by atoms with Crippen molar-refractivity contribution in [3.8, 4) is 0 Å². The van der Waals surface area contributed by atoms with Gasteiger partial charge in [0.25, 0.3) is 0 Å². The van der Waals surface area contributed by atoms with E-state index >= 15 is 0 Å². The Kier molecular flexibility index (Phi) is 4.33. The third-order valence-corrected chi connectivity index (χ3v) is 4.95. The summed E-state index contributed by atoms with van der Waals surface area (Å²) in [6.45, 7) is 1.84. The van der Waals surface area contributed by atoms with Gasteiger partial charge in [0.15, 0.2) is 6.10 Å². The molecule has 110 valence electrons. The summed E-state index contributed by atoms with van der Waals surface area (Å²) in [5.74, 6) is -1.18. The predicted molar refractivity (Wildman–Crippen MR) is 72.3 cm³/mol. The van der Waals surface area contributed by atoms with Gasteiger partial charge in [0, 0.05) is 11.6 Å². The lowest BCUT2D eigenvalue weighted by Gasteiger charge is -2.17. The lowest BCUT2D eigenvalue weighted by molar-refractivity contribution is -0.147. The number of sulfonamides is 1. The van der Waals surface area contributed by atoms with E-state index < -0.39 is 28.1 Å². The van der Waals surface area contributed by atoms with Crippen LogP contribution in [0.3, 0.4) is 0 Å². The highest BCUT2D eigenvalue weighted by Gasteiger charge is 2.37. The van der Waals surface area contributed by atoms with Gasteiger partial charge in [-0.3, -0.25) is 0 Å². The molecule has 20 heavy (non-hydrogen) atoms. The monoisotopic (exact) mass is 319 g/mol. The van der Waals surface area contributed by atoms with Crippen molar-refractivity contribution >= 4 is 27.6 Å². The second kappa shape index (κ2) is 5.69. The number of hydrogen-bond acceptors (Lipinski definition) is 4. The average molecular weight is 320 g/mol. The highest BCUT2D eigenvalue weighted by Crippen LogP contribution is 2.22. The Morgan fingerprint density at radius 2 is 2.20 bits per heavy atom. The summed E-state index contributed by atoms with van der Waals surface area (Å²) >= 11 is 5.79. The lowest BCUT2D eigenvalue weighted by Crippen LogP contribution is -2.44. The standard InChI is InChI=1S/C12H14ClNO5S/c1-7-6-8(13)2-3-10(7)20(17,18)14-9-4-5-19-11(9)12(15)16/h2-3,6,9,11,14H,4-5H2,1H3,(H,15,16)/t9-,11+/m1/s1. The third-order valence-electron chi connectivity index (χ3n) is 3.07. The van der Waals surface area contributed by atoms with Gasteiger partial charge in [-0.2, -0.15) is 0 Å². The van der Waals surface area contributed by atoms with Crippen LogP contribution in [-0.4, -0.2) is 38.2 Å². The first-order valence-corrected chi connectivity index (χ1v) is 7.80. The van der Waals surface area contributed by atoms with E-state index in [4.69, 9.17) is 21.4 Å². The van der Waals surface area contributed by atoms with E-state index in [1.807, 2.05) is 0 Å². The molecule has 1 aliphatic heterocycles. The highest BCUT2D eigenvalue weighted by atomic mass is 35.5. The fourth-order valence-corrected chi connectivity index (χ4v) is 3.85. The second-order valence-electron chi connectivity index (χ2n) is 4.56. The van der Waals surface area contributed by atoms with Crippen molar-refractivity contribution < 1.29 is 23.1 Å². The number of nitrogens with one attached hydrogen (secondary N) is 1. The Hall–Kier alpha value is -1.15. The van der Waals surface area contributed by atoms with Crippen LogP contribution in [0.15, 0.2) is 23.1 Å². The van der Waals surface area contributed by atoms with E-state index in [9.17, 15) is 13.2 Å². The molecule has 2 rings (SSSR count). The van der Waals surface area contributed by atoms with Crippen LogP contribution >= 0.6 is 11.6 Å². The van der Waals surface area contributed by atoms with Gasteiger partial charge in [-0.15, -0.1) is 0 Å². The molecule has 0 radical (unpaired) electrons.